The third-order valence-corrected chi connectivity index (χ3v) is 2.14. The summed E-state index contributed by atoms with van der Waals surface area (Å²) in [6.45, 7) is 0. The molecule has 0 atom stereocenters. The second-order valence-electron chi connectivity index (χ2n) is 3.33. The van der Waals surface area contributed by atoms with Gasteiger partial charge in [-0.3, -0.25) is 0 Å². The van der Waals surface area contributed by atoms with Gasteiger partial charge in [-0.15, -0.1) is 0 Å². The molecule has 1 aliphatic carbocycles. The molecule has 15 heavy (non-hydrogen) atoms. The van der Waals surface area contributed by atoms with E-state index in [0.717, 1.165) is 18.6 Å². The standard InChI is InChI=1S/C11H13N3O/c12-9-6-7-10(14-11(9)13)15-8-4-2-1-3-5-8/h1-2,4,6-7H,3,5,12H2,(H2,13,14). The van der Waals surface area contributed by atoms with Crippen molar-refractivity contribution >= 4 is 11.5 Å². The van der Waals surface area contributed by atoms with Crippen LogP contribution in [0, 0.1) is 0 Å². The summed E-state index contributed by atoms with van der Waals surface area (Å²) in [6, 6.07) is 3.40. The largest absolute Gasteiger partial charge is 0.443 e. The van der Waals surface area contributed by atoms with Crippen molar-refractivity contribution in [1.29, 1.82) is 0 Å². The SMILES string of the molecule is Nc1ccc(OC2=CC=CCC2)nc1N. The van der Waals surface area contributed by atoms with Crippen molar-refractivity contribution in [1.82, 2.24) is 4.98 Å². The highest BCUT2D eigenvalue weighted by atomic mass is 16.5. The van der Waals surface area contributed by atoms with Crippen LogP contribution < -0.4 is 16.2 Å². The number of allylic oxidation sites excluding steroid dienone is 4. The molecule has 0 saturated heterocycles. The molecule has 2 rings (SSSR count). The first-order valence-corrected chi connectivity index (χ1v) is 4.81. The molecule has 1 heterocycles. The van der Waals surface area contributed by atoms with Crippen LogP contribution in [0.15, 0.2) is 36.1 Å². The van der Waals surface area contributed by atoms with Crippen molar-refractivity contribution < 1.29 is 4.74 Å². The van der Waals surface area contributed by atoms with Gasteiger partial charge in [0.05, 0.1) is 5.69 Å². The Bertz CT molecular complexity index is 424. The number of ether oxygens (including phenoxy) is 1. The van der Waals surface area contributed by atoms with E-state index in [4.69, 9.17) is 16.2 Å². The summed E-state index contributed by atoms with van der Waals surface area (Å²) in [5, 5.41) is 0. The molecular weight excluding hydrogens is 190 g/mol. The van der Waals surface area contributed by atoms with Gasteiger partial charge in [0.25, 0.3) is 0 Å². The van der Waals surface area contributed by atoms with Crippen molar-refractivity contribution in [2.24, 2.45) is 0 Å². The molecule has 0 saturated carbocycles. The smallest absolute Gasteiger partial charge is 0.220 e. The fraction of sp³-hybridized carbons (Fsp3) is 0.182. The summed E-state index contributed by atoms with van der Waals surface area (Å²) >= 11 is 0. The van der Waals surface area contributed by atoms with Gasteiger partial charge in [-0.1, -0.05) is 12.2 Å². The molecule has 4 N–H and O–H groups in total. The van der Waals surface area contributed by atoms with Crippen LogP contribution in [-0.4, -0.2) is 4.98 Å². The van der Waals surface area contributed by atoms with Crippen LogP contribution in [0.2, 0.25) is 0 Å². The summed E-state index contributed by atoms with van der Waals surface area (Å²) in [4.78, 5) is 4.03. The van der Waals surface area contributed by atoms with Crippen LogP contribution in [0.4, 0.5) is 11.5 Å². The molecule has 0 unspecified atom stereocenters. The fourth-order valence-electron chi connectivity index (χ4n) is 1.32. The number of hydrogen-bond donors (Lipinski definition) is 2. The minimum absolute atomic E-state index is 0.305. The summed E-state index contributed by atoms with van der Waals surface area (Å²) < 4.78 is 5.55. The topological polar surface area (TPSA) is 74.2 Å². The van der Waals surface area contributed by atoms with Crippen LogP contribution >= 0.6 is 0 Å². The van der Waals surface area contributed by atoms with E-state index in [9.17, 15) is 0 Å². The van der Waals surface area contributed by atoms with Gasteiger partial charge >= 0.3 is 0 Å². The lowest BCUT2D eigenvalue weighted by molar-refractivity contribution is 0.388. The maximum Gasteiger partial charge on any atom is 0.220 e. The van der Waals surface area contributed by atoms with Crippen molar-refractivity contribution in [2.75, 3.05) is 11.5 Å². The van der Waals surface area contributed by atoms with Gasteiger partial charge in [0, 0.05) is 12.5 Å². The monoisotopic (exact) mass is 203 g/mol. The summed E-state index contributed by atoms with van der Waals surface area (Å²) in [5.74, 6) is 1.69. The van der Waals surface area contributed by atoms with E-state index in [2.05, 4.69) is 11.1 Å². The molecule has 0 spiro atoms. The Hall–Kier alpha value is -1.97. The number of nitrogens with two attached hydrogens (primary N) is 2. The lowest BCUT2D eigenvalue weighted by Gasteiger charge is -2.10. The third kappa shape index (κ3) is 2.28. The van der Waals surface area contributed by atoms with E-state index in [1.165, 1.54) is 0 Å². The maximum absolute atomic E-state index is 5.58. The van der Waals surface area contributed by atoms with Gasteiger partial charge in [0.15, 0.2) is 5.82 Å². The third-order valence-electron chi connectivity index (χ3n) is 2.14. The number of hydrogen-bond acceptors (Lipinski definition) is 4. The molecule has 1 aromatic heterocycles. The van der Waals surface area contributed by atoms with Gasteiger partial charge < -0.3 is 16.2 Å². The lowest BCUT2D eigenvalue weighted by atomic mass is 10.2. The molecule has 0 aromatic carbocycles. The zero-order valence-corrected chi connectivity index (χ0v) is 8.31. The quantitative estimate of drug-likeness (QED) is 0.769. The number of rotatable bonds is 2. The molecular formula is C11H13N3O. The molecule has 0 fully saturated rings. The fourth-order valence-corrected chi connectivity index (χ4v) is 1.32. The minimum Gasteiger partial charge on any atom is -0.443 e. The zero-order chi connectivity index (χ0) is 10.7. The van der Waals surface area contributed by atoms with Crippen LogP contribution in [-0.2, 0) is 0 Å². The predicted octanol–water partition coefficient (Wildman–Crippen LogP) is 1.86. The van der Waals surface area contributed by atoms with Crippen molar-refractivity contribution in [3.05, 3.63) is 36.1 Å². The van der Waals surface area contributed by atoms with Crippen LogP contribution in [0.3, 0.4) is 0 Å². The Morgan fingerprint density at radius 3 is 2.80 bits per heavy atom. The van der Waals surface area contributed by atoms with Gasteiger partial charge in [-0.2, -0.15) is 4.98 Å². The van der Waals surface area contributed by atoms with E-state index < -0.39 is 0 Å². The minimum atomic E-state index is 0.305. The number of aromatic nitrogens is 1. The van der Waals surface area contributed by atoms with E-state index in [1.807, 2.05) is 12.2 Å². The summed E-state index contributed by atoms with van der Waals surface area (Å²) in [5.41, 5.74) is 11.6. The van der Waals surface area contributed by atoms with Gasteiger partial charge in [0.2, 0.25) is 5.88 Å². The number of anilines is 2. The van der Waals surface area contributed by atoms with Gasteiger partial charge in [-0.05, 0) is 18.6 Å². The highest BCUT2D eigenvalue weighted by Gasteiger charge is 2.05. The molecule has 4 nitrogen and oxygen atoms in total. The number of nitrogens with zero attached hydrogens (tertiary/aromatic N) is 1. The van der Waals surface area contributed by atoms with Crippen LogP contribution in [0.5, 0.6) is 5.88 Å². The van der Waals surface area contributed by atoms with E-state index in [-0.39, 0.29) is 0 Å². The summed E-state index contributed by atoms with van der Waals surface area (Å²) in [6.07, 6.45) is 7.88. The molecule has 4 heteroatoms. The second kappa shape index (κ2) is 4.04. The number of nitrogen functional groups attached to an aromatic ring is 2. The zero-order valence-electron chi connectivity index (χ0n) is 8.31. The molecule has 0 aliphatic heterocycles. The highest BCUT2D eigenvalue weighted by Crippen LogP contribution is 2.21. The summed E-state index contributed by atoms with van der Waals surface area (Å²) in [7, 11) is 0. The molecule has 0 radical (unpaired) electrons. The van der Waals surface area contributed by atoms with E-state index >= 15 is 0 Å². The first kappa shape index (κ1) is 9.58. The Balaban J connectivity index is 2.14. The lowest BCUT2D eigenvalue weighted by Crippen LogP contribution is -2.02. The van der Waals surface area contributed by atoms with E-state index in [1.54, 1.807) is 12.1 Å². The Morgan fingerprint density at radius 1 is 1.27 bits per heavy atom. The van der Waals surface area contributed by atoms with Crippen molar-refractivity contribution in [3.8, 4) is 5.88 Å². The molecule has 0 bridgehead atoms. The average Bonchev–Trinajstić information content (AvgIpc) is 2.25. The molecule has 1 aromatic rings. The van der Waals surface area contributed by atoms with Gasteiger partial charge in [-0.25, -0.2) is 0 Å². The first-order chi connectivity index (χ1) is 7.25. The normalized spacial score (nSPS) is 14.8. The Labute approximate surface area is 88.2 Å². The average molecular weight is 203 g/mol. The first-order valence-electron chi connectivity index (χ1n) is 4.81. The molecule has 78 valence electrons. The second-order valence-corrected chi connectivity index (χ2v) is 3.33. The number of pyridine rings is 1. The van der Waals surface area contributed by atoms with Crippen molar-refractivity contribution in [2.45, 2.75) is 12.8 Å². The Morgan fingerprint density at radius 2 is 2.13 bits per heavy atom. The maximum atomic E-state index is 5.58. The van der Waals surface area contributed by atoms with Gasteiger partial charge in [0.1, 0.15) is 5.76 Å². The Kier molecular flexibility index (Phi) is 2.58. The highest BCUT2D eigenvalue weighted by molar-refractivity contribution is 5.58. The van der Waals surface area contributed by atoms with Crippen molar-refractivity contribution in [3.63, 3.8) is 0 Å². The predicted molar refractivity (Wildman–Crippen MR) is 60.1 cm³/mol. The van der Waals surface area contributed by atoms with Crippen LogP contribution in [0.1, 0.15) is 12.8 Å². The van der Waals surface area contributed by atoms with E-state index in [0.29, 0.717) is 17.4 Å². The molecule has 1 aliphatic rings. The van der Waals surface area contributed by atoms with Crippen LogP contribution in [0.25, 0.3) is 0 Å². The molecule has 0 amide bonds.